The van der Waals surface area contributed by atoms with Crippen LogP contribution in [-0.2, 0) is 66.3 Å². The maximum atomic E-state index is 14.9. The van der Waals surface area contributed by atoms with E-state index in [0.717, 1.165) is 0 Å². The van der Waals surface area contributed by atoms with Crippen molar-refractivity contribution in [2.24, 2.45) is 0 Å². The van der Waals surface area contributed by atoms with E-state index >= 15 is 0 Å². The second-order valence-electron chi connectivity index (χ2n) is 24.1. The standard InChI is InChI=1S/C81H68O25/c82-46-58-61(98-70(83)49-28-10-1-11-29-49)65(102-74(87)53-36-18-5-19-37-53)68(105-77(90)56-42-24-8-25-43-56)80(96-58)94-48-60-63(100-72(85)51-32-14-3-15-33-51)66(103-75(88)54-38-20-6-21-39-54)69(106-78(91)57-44-26-9-27-45-57)81(97-60)93-47-59-62(99-71(84)50-30-12-2-13-31-50)64(101-73(86)52-34-16-4-17-35-52)67(79(92)95-59)104-76(89)55-40-22-7-23-41-55/h1-45,58-69,79-82,92H,46-48H2/t58-,59-,60-,61-,62-,63-,64+,65+,66+,67+,68+,69+,79+,80+,81+/m1/s1. The summed E-state index contributed by atoms with van der Waals surface area (Å²) in [5.74, 6) is -9.41. The molecule has 15 atom stereocenters. The van der Waals surface area contributed by atoms with Crippen LogP contribution in [0.5, 0.6) is 0 Å². The van der Waals surface area contributed by atoms with E-state index in [9.17, 15) is 53.4 Å². The van der Waals surface area contributed by atoms with Gasteiger partial charge in [-0.1, -0.05) is 164 Å². The van der Waals surface area contributed by atoms with E-state index in [1.807, 2.05) is 0 Å². The first-order valence-electron chi connectivity index (χ1n) is 33.5. The molecule has 0 unspecified atom stereocenters. The lowest BCUT2D eigenvalue weighted by Crippen LogP contribution is -2.66. The molecular formula is C81H68O25. The molecule has 0 saturated carbocycles. The summed E-state index contributed by atoms with van der Waals surface area (Å²) in [5.41, 5.74) is -0.271. The number of aliphatic hydroxyl groups is 2. The van der Waals surface area contributed by atoms with Crippen molar-refractivity contribution in [3.05, 3.63) is 323 Å². The molecule has 3 aliphatic heterocycles. The highest BCUT2D eigenvalue weighted by Crippen LogP contribution is 2.37. The maximum absolute atomic E-state index is 14.9. The number of hydrogen-bond acceptors (Lipinski definition) is 25. The van der Waals surface area contributed by atoms with Gasteiger partial charge in [0.1, 0.15) is 18.3 Å². The van der Waals surface area contributed by atoms with Gasteiger partial charge in [0.05, 0.1) is 69.9 Å². The third-order valence-electron chi connectivity index (χ3n) is 17.1. The summed E-state index contributed by atoms with van der Waals surface area (Å²) in [6.07, 6.45) is -29.4. The Morgan fingerprint density at radius 2 is 0.415 bits per heavy atom. The van der Waals surface area contributed by atoms with Crippen LogP contribution in [0.25, 0.3) is 0 Å². The Hall–Kier alpha value is -12.1. The molecule has 0 amide bonds. The van der Waals surface area contributed by atoms with Crippen LogP contribution < -0.4 is 0 Å². The highest BCUT2D eigenvalue weighted by atomic mass is 16.8. The molecule has 9 aromatic rings. The molecule has 3 saturated heterocycles. The molecular weight excluding hydrogens is 1370 g/mol. The number of aliphatic hydroxyl groups excluding tert-OH is 2. The molecule has 106 heavy (non-hydrogen) atoms. The van der Waals surface area contributed by atoms with Gasteiger partial charge in [0.2, 0.25) is 0 Å². The Morgan fingerprint density at radius 1 is 0.236 bits per heavy atom. The quantitative estimate of drug-likeness (QED) is 0.0397. The van der Waals surface area contributed by atoms with Crippen LogP contribution >= 0.6 is 0 Å². The molecule has 0 aromatic heterocycles. The van der Waals surface area contributed by atoms with E-state index in [2.05, 4.69) is 0 Å². The van der Waals surface area contributed by atoms with E-state index < -0.39 is 166 Å². The number of esters is 9. The van der Waals surface area contributed by atoms with E-state index in [1.165, 1.54) is 146 Å². The summed E-state index contributed by atoms with van der Waals surface area (Å²) >= 11 is 0. The zero-order valence-electron chi connectivity index (χ0n) is 56.0. The van der Waals surface area contributed by atoms with E-state index in [-0.39, 0.29) is 50.1 Å². The number of rotatable bonds is 25. The first kappa shape index (κ1) is 73.7. The van der Waals surface area contributed by atoms with E-state index in [1.54, 1.807) is 127 Å². The second kappa shape index (κ2) is 35.4. The molecule has 2 N–H and O–H groups in total. The predicted molar refractivity (Wildman–Crippen MR) is 368 cm³/mol. The third kappa shape index (κ3) is 18.3. The molecule has 12 rings (SSSR count). The first-order chi connectivity index (χ1) is 51.7. The lowest BCUT2D eigenvalue weighted by Gasteiger charge is -2.47. The molecule has 0 bridgehead atoms. The van der Waals surface area contributed by atoms with Crippen molar-refractivity contribution < 1.29 is 120 Å². The Morgan fingerprint density at radius 3 is 0.651 bits per heavy atom. The zero-order valence-corrected chi connectivity index (χ0v) is 56.0. The molecule has 3 fully saturated rings. The first-order valence-corrected chi connectivity index (χ1v) is 33.5. The minimum atomic E-state index is -2.23. The summed E-state index contributed by atoms with van der Waals surface area (Å²) in [5, 5.41) is 23.5. The highest BCUT2D eigenvalue weighted by Gasteiger charge is 2.58. The fraction of sp³-hybridized carbons (Fsp3) is 0.222. The van der Waals surface area contributed by atoms with Crippen LogP contribution in [0.15, 0.2) is 273 Å². The van der Waals surface area contributed by atoms with Crippen molar-refractivity contribution in [3.8, 4) is 0 Å². The lowest BCUT2D eigenvalue weighted by atomic mass is 9.96. The average Bonchev–Trinajstić information content (AvgIpc) is 0.777. The lowest BCUT2D eigenvalue weighted by molar-refractivity contribution is -0.337. The number of carbonyl (C=O) groups excluding carboxylic acids is 9. The van der Waals surface area contributed by atoms with Crippen LogP contribution in [0.2, 0.25) is 0 Å². The van der Waals surface area contributed by atoms with E-state index in [4.69, 9.17) is 66.3 Å². The van der Waals surface area contributed by atoms with Crippen molar-refractivity contribution >= 4 is 53.7 Å². The molecule has 3 heterocycles. The Balaban J connectivity index is 0.968. The minimum Gasteiger partial charge on any atom is -0.452 e. The van der Waals surface area contributed by atoms with Gasteiger partial charge in [0.15, 0.2) is 73.8 Å². The van der Waals surface area contributed by atoms with Gasteiger partial charge >= 0.3 is 53.7 Å². The molecule has 0 spiro atoms. The number of hydrogen-bond donors (Lipinski definition) is 2. The zero-order chi connectivity index (χ0) is 73.9. The van der Waals surface area contributed by atoms with Crippen LogP contribution in [0.3, 0.4) is 0 Å². The van der Waals surface area contributed by atoms with Gasteiger partial charge in [-0.3, -0.25) is 0 Å². The van der Waals surface area contributed by atoms with Gasteiger partial charge in [-0.05, 0) is 109 Å². The Labute approximate surface area is 605 Å². The molecule has 25 nitrogen and oxygen atoms in total. The molecule has 542 valence electrons. The molecule has 9 aromatic carbocycles. The van der Waals surface area contributed by atoms with Gasteiger partial charge < -0.3 is 76.5 Å². The number of carbonyl (C=O) groups is 9. The summed E-state index contributed by atoms with van der Waals surface area (Å²) in [7, 11) is 0. The number of ether oxygens (including phenoxy) is 14. The van der Waals surface area contributed by atoms with Crippen LogP contribution in [0.1, 0.15) is 93.2 Å². The Kier molecular flexibility index (Phi) is 24.6. The van der Waals surface area contributed by atoms with Crippen LogP contribution in [0, 0.1) is 0 Å². The molecule has 25 heteroatoms. The largest absolute Gasteiger partial charge is 0.452 e. The van der Waals surface area contributed by atoms with Crippen molar-refractivity contribution in [2.45, 2.75) is 92.1 Å². The van der Waals surface area contributed by atoms with Gasteiger partial charge in [-0.2, -0.15) is 0 Å². The minimum absolute atomic E-state index is 0.00250. The summed E-state index contributed by atoms with van der Waals surface area (Å²) in [6, 6.07) is 68.0. The van der Waals surface area contributed by atoms with Crippen LogP contribution in [-0.4, -0.2) is 176 Å². The van der Waals surface area contributed by atoms with E-state index in [0.29, 0.717) is 0 Å². The summed E-state index contributed by atoms with van der Waals surface area (Å²) < 4.78 is 88.7. The number of benzene rings is 9. The smallest absolute Gasteiger partial charge is 0.338 e. The summed E-state index contributed by atoms with van der Waals surface area (Å²) in [4.78, 5) is 130. The fourth-order valence-electron chi connectivity index (χ4n) is 11.8. The van der Waals surface area contributed by atoms with Crippen molar-refractivity contribution in [1.29, 1.82) is 0 Å². The molecule has 0 aliphatic carbocycles. The van der Waals surface area contributed by atoms with Crippen molar-refractivity contribution in [1.82, 2.24) is 0 Å². The normalized spacial score (nSPS) is 23.9. The SMILES string of the molecule is O=C(O[C@@H]1[C@H](OC(=O)c2ccccc2)[C@@H](OC[C@H]2O[C@H](OC[C@H]3O[C@H](O)[C@@H](OC(=O)c4ccccc4)[C@@H](OC(=O)c4ccccc4)[C@@H]3OC(=O)c3ccccc3)[C@@H](OC(=O)c3ccccc3)[C@@H](OC(=O)c3ccccc3)[C@@H]2OC(=O)c2ccccc2)O[C@H](CO)[C@H]1OC(=O)c1ccccc1)c1ccccc1. The maximum Gasteiger partial charge on any atom is 0.338 e. The second-order valence-corrected chi connectivity index (χ2v) is 24.1. The van der Waals surface area contributed by atoms with Crippen molar-refractivity contribution in [2.75, 3.05) is 19.8 Å². The third-order valence-corrected chi connectivity index (χ3v) is 17.1. The van der Waals surface area contributed by atoms with Crippen molar-refractivity contribution in [3.63, 3.8) is 0 Å². The van der Waals surface area contributed by atoms with Gasteiger partial charge in [-0.25, -0.2) is 43.2 Å². The highest BCUT2D eigenvalue weighted by molar-refractivity contribution is 5.94. The Bertz CT molecular complexity index is 4430. The molecule has 0 radical (unpaired) electrons. The van der Waals surface area contributed by atoms with Gasteiger partial charge in [0.25, 0.3) is 0 Å². The van der Waals surface area contributed by atoms with Gasteiger partial charge in [-0.15, -0.1) is 0 Å². The summed E-state index contributed by atoms with van der Waals surface area (Å²) in [6.45, 7) is -2.89. The topological polar surface area (TPSA) is 323 Å². The van der Waals surface area contributed by atoms with Gasteiger partial charge in [0, 0.05) is 0 Å². The fourth-order valence-corrected chi connectivity index (χ4v) is 11.8. The monoisotopic (exact) mass is 1440 g/mol. The molecule has 3 aliphatic rings. The van der Waals surface area contributed by atoms with Crippen LogP contribution in [0.4, 0.5) is 0 Å². The average molecular weight is 1440 g/mol. The predicted octanol–water partition coefficient (Wildman–Crippen LogP) is 9.21.